The second-order valence-corrected chi connectivity index (χ2v) is 9.55. The smallest absolute Gasteiger partial charge is 0.260 e. The Bertz CT molecular complexity index is 1290. The third-order valence-corrected chi connectivity index (χ3v) is 6.57. The van der Waals surface area contributed by atoms with Crippen molar-refractivity contribution < 1.29 is 9.53 Å². The number of carbonyl (C=O) groups excluding carboxylic acids is 1. The van der Waals surface area contributed by atoms with Crippen molar-refractivity contribution in [2.45, 2.75) is 13.3 Å². The van der Waals surface area contributed by atoms with Crippen LogP contribution in [-0.4, -0.2) is 84.1 Å². The van der Waals surface area contributed by atoms with Gasteiger partial charge in [-0.3, -0.25) is 4.79 Å². The summed E-state index contributed by atoms with van der Waals surface area (Å²) in [5.74, 6) is 1.15. The lowest BCUT2D eigenvalue weighted by atomic mass is 10.1. The van der Waals surface area contributed by atoms with Crippen LogP contribution >= 0.6 is 0 Å². The quantitative estimate of drug-likeness (QED) is 0.549. The Kier molecular flexibility index (Phi) is 7.02. The number of anilines is 2. The van der Waals surface area contributed by atoms with Crippen molar-refractivity contribution in [3.63, 3.8) is 0 Å². The number of benzene rings is 2. The highest BCUT2D eigenvalue weighted by Crippen LogP contribution is 2.29. The van der Waals surface area contributed by atoms with Gasteiger partial charge in [-0.05, 0) is 62.3 Å². The van der Waals surface area contributed by atoms with Crippen molar-refractivity contribution in [1.82, 2.24) is 30.2 Å². The molecule has 1 fully saturated rings. The van der Waals surface area contributed by atoms with E-state index in [-0.39, 0.29) is 12.5 Å². The maximum Gasteiger partial charge on any atom is 0.260 e. The zero-order valence-corrected chi connectivity index (χ0v) is 21.1. The van der Waals surface area contributed by atoms with Crippen LogP contribution in [0.2, 0.25) is 0 Å². The van der Waals surface area contributed by atoms with E-state index in [1.165, 1.54) is 5.56 Å². The molecule has 0 spiro atoms. The molecule has 1 saturated heterocycles. The molecule has 1 aromatic heterocycles. The molecule has 0 atom stereocenters. The number of likely N-dealkylation sites (N-methyl/N-ethyl adjacent to an activating group) is 1. The molecular weight excluding hydrogens is 454 g/mol. The molecule has 0 saturated carbocycles. The summed E-state index contributed by atoms with van der Waals surface area (Å²) < 4.78 is 6.03. The zero-order valence-electron chi connectivity index (χ0n) is 21.1. The zero-order chi connectivity index (χ0) is 25.1. The van der Waals surface area contributed by atoms with Crippen LogP contribution < -0.4 is 15.5 Å². The molecule has 5 rings (SSSR count). The second kappa shape index (κ2) is 10.5. The Morgan fingerprint density at radius 3 is 2.83 bits per heavy atom. The van der Waals surface area contributed by atoms with Crippen molar-refractivity contribution in [2.75, 3.05) is 58.7 Å². The molecule has 9 heteroatoms. The van der Waals surface area contributed by atoms with Crippen molar-refractivity contribution in [2.24, 2.45) is 0 Å². The largest absolute Gasteiger partial charge is 0.484 e. The van der Waals surface area contributed by atoms with Gasteiger partial charge in [-0.15, -0.1) is 0 Å². The van der Waals surface area contributed by atoms with Gasteiger partial charge in [0.15, 0.2) is 6.61 Å². The molecule has 188 valence electrons. The van der Waals surface area contributed by atoms with Crippen molar-refractivity contribution in [3.8, 4) is 5.75 Å². The van der Waals surface area contributed by atoms with E-state index < -0.39 is 0 Å². The SMILES string of the molecule is Cc1ccc2nc(Nc3cc(OCC(=O)N4CCCN(C)CC4)cc(C4=CN(C)NC4)c3)ncc2c1. The van der Waals surface area contributed by atoms with Crippen LogP contribution in [0.15, 0.2) is 48.8 Å². The van der Waals surface area contributed by atoms with Gasteiger partial charge in [0.05, 0.1) is 5.52 Å². The Morgan fingerprint density at radius 1 is 1.11 bits per heavy atom. The highest BCUT2D eigenvalue weighted by atomic mass is 16.5. The summed E-state index contributed by atoms with van der Waals surface area (Å²) in [4.78, 5) is 26.2. The monoisotopic (exact) mass is 487 g/mol. The predicted octanol–water partition coefficient (Wildman–Crippen LogP) is 3.02. The minimum Gasteiger partial charge on any atom is -0.484 e. The number of hydrogen-bond donors (Lipinski definition) is 2. The number of rotatable bonds is 6. The van der Waals surface area contributed by atoms with Crippen LogP contribution in [0, 0.1) is 6.92 Å². The van der Waals surface area contributed by atoms with Gasteiger partial charge in [0.1, 0.15) is 5.75 Å². The summed E-state index contributed by atoms with van der Waals surface area (Å²) in [5.41, 5.74) is 8.26. The highest BCUT2D eigenvalue weighted by molar-refractivity contribution is 5.80. The summed E-state index contributed by atoms with van der Waals surface area (Å²) in [6.45, 7) is 6.17. The van der Waals surface area contributed by atoms with Gasteiger partial charge in [0.2, 0.25) is 5.95 Å². The molecule has 2 aromatic carbocycles. The summed E-state index contributed by atoms with van der Waals surface area (Å²) in [7, 11) is 4.06. The van der Waals surface area contributed by atoms with E-state index in [9.17, 15) is 4.79 Å². The van der Waals surface area contributed by atoms with Gasteiger partial charge in [0, 0.05) is 62.8 Å². The first-order valence-corrected chi connectivity index (χ1v) is 12.3. The fourth-order valence-electron chi connectivity index (χ4n) is 4.53. The summed E-state index contributed by atoms with van der Waals surface area (Å²) in [5, 5.41) is 6.26. The molecule has 2 aliphatic rings. The molecule has 0 radical (unpaired) electrons. The number of nitrogens with zero attached hydrogens (tertiary/aromatic N) is 5. The van der Waals surface area contributed by atoms with Gasteiger partial charge in [-0.1, -0.05) is 11.6 Å². The molecule has 9 nitrogen and oxygen atoms in total. The first-order chi connectivity index (χ1) is 17.4. The fourth-order valence-corrected chi connectivity index (χ4v) is 4.53. The van der Waals surface area contributed by atoms with E-state index in [2.05, 4.69) is 57.9 Å². The first kappa shape index (κ1) is 24.0. The van der Waals surface area contributed by atoms with E-state index in [1.54, 1.807) is 0 Å². The number of carbonyl (C=O) groups is 1. The lowest BCUT2D eigenvalue weighted by molar-refractivity contribution is -0.133. The van der Waals surface area contributed by atoms with E-state index in [4.69, 9.17) is 4.74 Å². The molecule has 0 unspecified atom stereocenters. The van der Waals surface area contributed by atoms with Crippen LogP contribution in [0.25, 0.3) is 16.5 Å². The fraction of sp³-hybridized carbons (Fsp3) is 0.370. The van der Waals surface area contributed by atoms with Crippen LogP contribution in [0.3, 0.4) is 0 Å². The number of fused-ring (bicyclic) bond motifs is 1. The highest BCUT2D eigenvalue weighted by Gasteiger charge is 2.19. The number of nitrogens with one attached hydrogen (secondary N) is 2. The first-order valence-electron chi connectivity index (χ1n) is 12.3. The van der Waals surface area contributed by atoms with E-state index in [1.807, 2.05) is 47.4 Å². The lowest BCUT2D eigenvalue weighted by Crippen LogP contribution is -2.37. The third-order valence-electron chi connectivity index (χ3n) is 6.57. The maximum absolute atomic E-state index is 12.9. The van der Waals surface area contributed by atoms with Crippen LogP contribution in [0.4, 0.5) is 11.6 Å². The Hall–Kier alpha value is -3.69. The Labute approximate surface area is 211 Å². The Balaban J connectivity index is 1.36. The minimum absolute atomic E-state index is 0.00956. The van der Waals surface area contributed by atoms with Crippen molar-refractivity contribution >= 4 is 34.0 Å². The molecular formula is C27H33N7O2. The Morgan fingerprint density at radius 2 is 2.00 bits per heavy atom. The number of amides is 1. The molecule has 3 heterocycles. The molecule has 36 heavy (non-hydrogen) atoms. The molecule has 0 aliphatic carbocycles. The predicted molar refractivity (Wildman–Crippen MR) is 142 cm³/mol. The van der Waals surface area contributed by atoms with Crippen molar-refractivity contribution in [3.05, 3.63) is 59.9 Å². The standard InChI is InChI=1S/C27H33N7O2/c1-19-5-6-25-21(11-19)15-28-27(31-25)30-23-12-20(22-16-29-33(3)17-22)13-24(14-23)36-18-26(35)34-8-4-7-32(2)9-10-34/h5-6,11-15,17,29H,4,7-10,16,18H2,1-3H3,(H,28,30,31). The summed E-state index contributed by atoms with van der Waals surface area (Å²) >= 11 is 0. The van der Waals surface area contributed by atoms with Crippen LogP contribution in [0.1, 0.15) is 17.5 Å². The molecule has 2 N–H and O–H groups in total. The van der Waals surface area contributed by atoms with Crippen LogP contribution in [0.5, 0.6) is 5.75 Å². The van der Waals surface area contributed by atoms with Gasteiger partial charge in [0.25, 0.3) is 5.91 Å². The third kappa shape index (κ3) is 5.75. The molecule has 3 aromatic rings. The average Bonchev–Trinajstić information content (AvgIpc) is 3.18. The summed E-state index contributed by atoms with van der Waals surface area (Å²) in [6.07, 6.45) is 4.86. The topological polar surface area (TPSA) is 85.9 Å². The number of aryl methyl sites for hydroxylation is 1. The van der Waals surface area contributed by atoms with Crippen LogP contribution in [-0.2, 0) is 4.79 Å². The van der Waals surface area contributed by atoms with Gasteiger partial charge >= 0.3 is 0 Å². The molecule has 1 amide bonds. The van der Waals surface area contributed by atoms with Gasteiger partial charge in [-0.25, -0.2) is 15.4 Å². The van der Waals surface area contributed by atoms with Crippen molar-refractivity contribution in [1.29, 1.82) is 0 Å². The van der Waals surface area contributed by atoms with Gasteiger partial charge < -0.3 is 24.9 Å². The number of ether oxygens (including phenoxy) is 1. The second-order valence-electron chi connectivity index (χ2n) is 9.55. The number of aromatic nitrogens is 2. The van der Waals surface area contributed by atoms with E-state index in [0.717, 1.165) is 60.3 Å². The number of hydrazine groups is 1. The minimum atomic E-state index is 0.00956. The van der Waals surface area contributed by atoms with Gasteiger partial charge in [-0.2, -0.15) is 0 Å². The molecule has 2 aliphatic heterocycles. The molecule has 0 bridgehead atoms. The number of hydrogen-bond acceptors (Lipinski definition) is 8. The average molecular weight is 488 g/mol. The maximum atomic E-state index is 12.9. The summed E-state index contributed by atoms with van der Waals surface area (Å²) in [6, 6.07) is 12.0. The lowest BCUT2D eigenvalue weighted by Gasteiger charge is -2.21. The normalized spacial score (nSPS) is 16.7. The van der Waals surface area contributed by atoms with E-state index >= 15 is 0 Å². The van der Waals surface area contributed by atoms with E-state index in [0.29, 0.717) is 18.2 Å².